The third kappa shape index (κ3) is 8.18. The lowest BCUT2D eigenvalue weighted by atomic mass is 9.79. The van der Waals surface area contributed by atoms with Gasteiger partial charge >= 0.3 is 5.97 Å². The summed E-state index contributed by atoms with van der Waals surface area (Å²) < 4.78 is 49.8. The van der Waals surface area contributed by atoms with Crippen LogP contribution in [0.1, 0.15) is 88.5 Å². The Morgan fingerprint density at radius 1 is 0.980 bits per heavy atom. The molecule has 14 heteroatoms. The molecule has 0 radical (unpaired) electrons. The van der Waals surface area contributed by atoms with Gasteiger partial charge in [0.2, 0.25) is 0 Å². The average Bonchev–Trinajstić information content (AvgIpc) is 3.37. The molecule has 0 amide bonds. The van der Waals surface area contributed by atoms with Crippen LogP contribution in [0.15, 0.2) is 11.3 Å². The molecule has 16 atom stereocenters. The van der Waals surface area contributed by atoms with Gasteiger partial charge in [-0.2, -0.15) is 0 Å². The van der Waals surface area contributed by atoms with Crippen molar-refractivity contribution in [1.82, 2.24) is 4.90 Å². The van der Waals surface area contributed by atoms with Crippen LogP contribution < -0.4 is 0 Å². The van der Waals surface area contributed by atoms with E-state index >= 15 is 0 Å². The quantitative estimate of drug-likeness (QED) is 0.277. The summed E-state index contributed by atoms with van der Waals surface area (Å²) in [5.74, 6) is -3.38. The Kier molecular flexibility index (Phi) is 12.8. The number of allylic oxidation sites excluding steroid dienone is 1. The highest BCUT2D eigenvalue weighted by Crippen LogP contribution is 2.47. The van der Waals surface area contributed by atoms with Gasteiger partial charge in [-0.05, 0) is 88.4 Å². The SMILES string of the molecule is COC1(C)CC(OC2[C@H](C)C(OC3O[C@H](C)CC(N(C)C)C3O)C3(C)CC(C)=C(O3)[C@H](C)C(=O)[C@](C)(O)C(C)OC(=O)[C@@H]2C)O[C@@H](C)C1OC=O. The third-order valence-corrected chi connectivity index (χ3v) is 11.7. The van der Waals surface area contributed by atoms with Gasteiger partial charge in [-0.1, -0.05) is 6.92 Å². The number of hydrogen-bond donors (Lipinski definition) is 2. The number of carbonyl (C=O) groups is 3. The minimum atomic E-state index is -2.04. The molecule has 0 aromatic heterocycles. The first-order valence-electron chi connectivity index (χ1n) is 18.1. The highest BCUT2D eigenvalue weighted by atomic mass is 16.7. The van der Waals surface area contributed by atoms with E-state index in [0.717, 1.165) is 5.57 Å². The van der Waals surface area contributed by atoms with Gasteiger partial charge in [0.1, 0.15) is 35.3 Å². The van der Waals surface area contributed by atoms with Crippen molar-refractivity contribution in [3.63, 3.8) is 0 Å². The minimum Gasteiger partial charge on any atom is -0.488 e. The number of nitrogens with zero attached hydrogens (tertiary/aromatic N) is 1. The van der Waals surface area contributed by atoms with Crippen LogP contribution in [0, 0.1) is 17.8 Å². The number of rotatable bonds is 8. The predicted molar refractivity (Wildman–Crippen MR) is 183 cm³/mol. The van der Waals surface area contributed by atoms with Gasteiger partial charge in [-0.15, -0.1) is 0 Å². The van der Waals surface area contributed by atoms with Gasteiger partial charge < -0.3 is 53.0 Å². The molecule has 2 bridgehead atoms. The van der Waals surface area contributed by atoms with Crippen LogP contribution in [0.3, 0.4) is 0 Å². The van der Waals surface area contributed by atoms with Crippen LogP contribution in [0.5, 0.6) is 0 Å². The van der Waals surface area contributed by atoms with E-state index < -0.39 is 95.5 Å². The molecular formula is C37H61NO13. The van der Waals surface area contributed by atoms with Crippen molar-refractivity contribution in [1.29, 1.82) is 0 Å². The van der Waals surface area contributed by atoms with Crippen molar-refractivity contribution < 1.29 is 62.5 Å². The molecule has 0 saturated carbocycles. The van der Waals surface area contributed by atoms with Crippen molar-refractivity contribution in [2.24, 2.45) is 17.8 Å². The summed E-state index contributed by atoms with van der Waals surface area (Å²) in [7, 11) is 5.29. The smallest absolute Gasteiger partial charge is 0.311 e. The van der Waals surface area contributed by atoms with Crippen LogP contribution in [0.4, 0.5) is 0 Å². The molecule has 10 unspecified atom stereocenters. The first-order valence-corrected chi connectivity index (χ1v) is 18.1. The lowest BCUT2D eigenvalue weighted by Crippen LogP contribution is -2.60. The number of ketones is 1. The highest BCUT2D eigenvalue weighted by molar-refractivity contribution is 5.91. The second-order valence-electron chi connectivity index (χ2n) is 16.1. The van der Waals surface area contributed by atoms with Gasteiger partial charge in [0.05, 0.1) is 30.1 Å². The van der Waals surface area contributed by atoms with E-state index in [4.69, 9.17) is 37.9 Å². The Bertz CT molecular complexity index is 1300. The summed E-state index contributed by atoms with van der Waals surface area (Å²) in [5.41, 5.74) is -3.36. The van der Waals surface area contributed by atoms with Crippen molar-refractivity contribution in [3.05, 3.63) is 11.3 Å². The zero-order chi connectivity index (χ0) is 38.4. The number of likely N-dealkylation sites (N-methyl/N-ethyl adjacent to an activating group) is 1. The molecule has 3 fully saturated rings. The van der Waals surface area contributed by atoms with Gasteiger partial charge in [0, 0.05) is 31.9 Å². The fourth-order valence-electron chi connectivity index (χ4n) is 8.46. The molecule has 0 spiro atoms. The van der Waals surface area contributed by atoms with E-state index in [0.29, 0.717) is 25.1 Å². The van der Waals surface area contributed by atoms with E-state index in [2.05, 4.69) is 0 Å². The van der Waals surface area contributed by atoms with Crippen molar-refractivity contribution in [2.45, 2.75) is 167 Å². The molecular weight excluding hydrogens is 666 g/mol. The van der Waals surface area contributed by atoms with Crippen LogP contribution in [-0.2, 0) is 52.3 Å². The third-order valence-electron chi connectivity index (χ3n) is 11.7. The second kappa shape index (κ2) is 15.7. The predicted octanol–water partition coefficient (Wildman–Crippen LogP) is 2.89. The molecule has 4 rings (SSSR count). The summed E-state index contributed by atoms with van der Waals surface area (Å²) >= 11 is 0. The summed E-state index contributed by atoms with van der Waals surface area (Å²) in [6.45, 7) is 17.6. The van der Waals surface area contributed by atoms with Crippen molar-refractivity contribution >= 4 is 18.2 Å². The number of fused-ring (bicyclic) bond motifs is 2. The maximum Gasteiger partial charge on any atom is 0.311 e. The van der Waals surface area contributed by atoms with E-state index in [1.54, 1.807) is 27.7 Å². The van der Waals surface area contributed by atoms with E-state index in [1.807, 2.05) is 46.7 Å². The van der Waals surface area contributed by atoms with E-state index in [9.17, 15) is 24.6 Å². The van der Waals surface area contributed by atoms with Crippen LogP contribution in [-0.4, -0.2) is 133 Å². The number of methoxy groups -OCH3 is 1. The fraction of sp³-hybridized carbons (Fsp3) is 0.865. The lowest BCUT2D eigenvalue weighted by Gasteiger charge is -2.49. The normalized spacial score (nSPS) is 47.2. The summed E-state index contributed by atoms with van der Waals surface area (Å²) in [5, 5.41) is 23.1. The van der Waals surface area contributed by atoms with Crippen molar-refractivity contribution in [2.75, 3.05) is 21.2 Å². The lowest BCUT2D eigenvalue weighted by molar-refractivity contribution is -0.317. The number of carbonyl (C=O) groups excluding carboxylic acids is 3. The molecule has 51 heavy (non-hydrogen) atoms. The number of ether oxygens (including phenoxy) is 8. The highest BCUT2D eigenvalue weighted by Gasteiger charge is 2.56. The van der Waals surface area contributed by atoms with Crippen LogP contribution >= 0.6 is 0 Å². The Hall–Kier alpha value is -2.17. The number of aliphatic hydroxyl groups excluding tert-OH is 1. The monoisotopic (exact) mass is 727 g/mol. The molecule has 0 aromatic rings. The van der Waals surface area contributed by atoms with Crippen LogP contribution in [0.25, 0.3) is 0 Å². The Labute approximate surface area is 302 Å². The standard InChI is InChI=1S/C37H61NO13/c1-18-15-36(9)31(50-34-27(40)25(38(11)12)14-19(2)46-34)21(4)29(49-26-16-35(8,44-13)32(45-17-39)23(6)47-26)22(5)33(42)48-24(7)37(10,43)30(41)20(3)28(18)51-36/h17,19-27,29,31-32,34,40,43H,14-16H2,1-13H3/t19-,20+,21+,22-,23+,24?,25?,26?,27?,29?,31?,32?,34?,35?,36?,37-/m1/s1. The molecule has 3 saturated heterocycles. The molecule has 0 aliphatic carbocycles. The Balaban J connectivity index is 1.83. The van der Waals surface area contributed by atoms with Gasteiger partial charge in [-0.3, -0.25) is 14.4 Å². The average molecular weight is 728 g/mol. The molecule has 4 aliphatic heterocycles. The number of cyclic esters (lactones) is 1. The number of aliphatic hydroxyl groups is 2. The van der Waals surface area contributed by atoms with Crippen molar-refractivity contribution in [3.8, 4) is 0 Å². The van der Waals surface area contributed by atoms with Gasteiger partial charge in [0.15, 0.2) is 30.1 Å². The van der Waals surface area contributed by atoms with Crippen LogP contribution in [0.2, 0.25) is 0 Å². The molecule has 2 N–H and O–H groups in total. The number of Topliss-reactive ketones (excluding diaryl/α,β-unsaturated/α-hetero) is 1. The Morgan fingerprint density at radius 2 is 1.63 bits per heavy atom. The zero-order valence-corrected chi connectivity index (χ0v) is 32.5. The van der Waals surface area contributed by atoms with E-state index in [1.165, 1.54) is 21.0 Å². The minimum absolute atomic E-state index is 0.144. The van der Waals surface area contributed by atoms with E-state index in [-0.39, 0.29) is 18.6 Å². The maximum atomic E-state index is 14.0. The second-order valence-corrected chi connectivity index (χ2v) is 16.1. The summed E-state index contributed by atoms with van der Waals surface area (Å²) in [6.07, 6.45) is -6.62. The fourth-order valence-corrected chi connectivity index (χ4v) is 8.46. The zero-order valence-electron chi connectivity index (χ0n) is 32.5. The topological polar surface area (TPSA) is 169 Å². The maximum absolute atomic E-state index is 14.0. The first-order chi connectivity index (χ1) is 23.6. The number of hydrogen-bond acceptors (Lipinski definition) is 14. The van der Waals surface area contributed by atoms with Gasteiger partial charge in [0.25, 0.3) is 6.47 Å². The molecule has 4 heterocycles. The summed E-state index contributed by atoms with van der Waals surface area (Å²) in [6, 6.07) is -0.260. The molecule has 4 aliphatic rings. The molecule has 0 aromatic carbocycles. The largest absolute Gasteiger partial charge is 0.488 e. The Morgan fingerprint density at radius 3 is 2.22 bits per heavy atom. The molecule has 292 valence electrons. The number of esters is 1. The molecule has 14 nitrogen and oxygen atoms in total. The van der Waals surface area contributed by atoms with Gasteiger partial charge in [-0.25, -0.2) is 0 Å². The first kappa shape index (κ1) is 41.6. The summed E-state index contributed by atoms with van der Waals surface area (Å²) in [4.78, 5) is 41.1.